The lowest BCUT2D eigenvalue weighted by Gasteiger charge is -2.44. The highest BCUT2D eigenvalue weighted by Gasteiger charge is 2.38. The number of carbonyl (C=O) groups excluding carboxylic acids is 2. The van der Waals surface area contributed by atoms with Crippen molar-refractivity contribution in [1.82, 2.24) is 4.90 Å². The van der Waals surface area contributed by atoms with Crippen LogP contribution in [0.3, 0.4) is 0 Å². The van der Waals surface area contributed by atoms with E-state index < -0.39 is 24.7 Å². The maximum atomic E-state index is 13.6. The van der Waals surface area contributed by atoms with Crippen molar-refractivity contribution < 1.29 is 37.3 Å². The molecule has 3 unspecified atom stereocenters. The highest BCUT2D eigenvalue weighted by Crippen LogP contribution is 2.36. The summed E-state index contributed by atoms with van der Waals surface area (Å²) >= 11 is 0. The summed E-state index contributed by atoms with van der Waals surface area (Å²) in [6.45, 7) is 3.89. The summed E-state index contributed by atoms with van der Waals surface area (Å²) in [4.78, 5) is 29.1. The Balaban J connectivity index is 1.13. The van der Waals surface area contributed by atoms with E-state index in [0.29, 0.717) is 35.3 Å². The van der Waals surface area contributed by atoms with Gasteiger partial charge in [-0.25, -0.2) is 9.59 Å². The average molecular weight is 635 g/mol. The number of piperidine rings is 3. The molecule has 1 saturated carbocycles. The molecule has 4 aliphatic rings. The number of fused-ring (bicyclic) bond motifs is 3. The number of benzene rings is 3. The number of ether oxygens (including phenoxy) is 4. The summed E-state index contributed by atoms with van der Waals surface area (Å²) in [5.74, 6) is 0.0734. The summed E-state index contributed by atoms with van der Waals surface area (Å²) in [6.07, 6.45) is 3.39. The van der Waals surface area contributed by atoms with Crippen LogP contribution in [0.2, 0.25) is 0 Å². The molecule has 0 aromatic heterocycles. The molecule has 3 aromatic rings. The largest absolute Gasteiger partial charge is 0.489 e. The molecule has 3 aliphatic heterocycles. The number of anilines is 1. The first-order valence-electron chi connectivity index (χ1n) is 16.0. The molecule has 3 atom stereocenters. The number of esters is 2. The van der Waals surface area contributed by atoms with Gasteiger partial charge in [-0.05, 0) is 111 Å². The first-order chi connectivity index (χ1) is 22.2. The van der Waals surface area contributed by atoms with E-state index in [2.05, 4.69) is 15.0 Å². The van der Waals surface area contributed by atoms with Crippen LogP contribution in [0, 0.1) is 18.8 Å². The van der Waals surface area contributed by atoms with Crippen LogP contribution in [0.15, 0.2) is 66.7 Å². The molecular formula is C36H40F2N2O6. The van der Waals surface area contributed by atoms with Gasteiger partial charge in [-0.1, -0.05) is 36.4 Å². The highest BCUT2D eigenvalue weighted by atomic mass is 19.3. The Labute approximate surface area is 268 Å². The minimum absolute atomic E-state index is 0.0573. The van der Waals surface area contributed by atoms with Crippen LogP contribution < -0.4 is 14.8 Å². The Morgan fingerprint density at radius 3 is 2.35 bits per heavy atom. The summed E-state index contributed by atoms with van der Waals surface area (Å²) < 4.78 is 48.1. The zero-order chi connectivity index (χ0) is 32.2. The van der Waals surface area contributed by atoms with Gasteiger partial charge >= 0.3 is 18.6 Å². The van der Waals surface area contributed by atoms with E-state index in [1.165, 1.54) is 6.07 Å². The fourth-order valence-electron chi connectivity index (χ4n) is 6.17. The molecule has 3 heterocycles. The van der Waals surface area contributed by atoms with Gasteiger partial charge in [-0.3, -0.25) is 4.90 Å². The normalized spacial score (nSPS) is 21.7. The Hall–Kier alpha value is -4.18. The number of halogens is 2. The van der Waals surface area contributed by atoms with Crippen molar-refractivity contribution in [3.63, 3.8) is 0 Å². The maximum Gasteiger partial charge on any atom is 0.387 e. The average Bonchev–Trinajstić information content (AvgIpc) is 3.89. The van der Waals surface area contributed by atoms with Gasteiger partial charge in [0.05, 0.1) is 12.2 Å². The van der Waals surface area contributed by atoms with Crippen molar-refractivity contribution in [2.45, 2.75) is 64.4 Å². The molecule has 2 bridgehead atoms. The fourth-order valence-corrected chi connectivity index (χ4v) is 6.17. The molecule has 0 amide bonds. The van der Waals surface area contributed by atoms with Crippen LogP contribution >= 0.6 is 0 Å². The van der Waals surface area contributed by atoms with Gasteiger partial charge in [-0.15, -0.1) is 0 Å². The van der Waals surface area contributed by atoms with E-state index in [0.717, 1.165) is 56.4 Å². The third kappa shape index (κ3) is 7.78. The van der Waals surface area contributed by atoms with Gasteiger partial charge in [0, 0.05) is 12.2 Å². The number of nitrogens with zero attached hydrogens (tertiary/aromatic N) is 1. The van der Waals surface area contributed by atoms with Gasteiger partial charge < -0.3 is 24.3 Å². The Morgan fingerprint density at radius 2 is 1.70 bits per heavy atom. The van der Waals surface area contributed by atoms with E-state index >= 15 is 0 Å². The van der Waals surface area contributed by atoms with E-state index in [1.807, 2.05) is 37.3 Å². The topological polar surface area (TPSA) is 86.3 Å². The number of rotatable bonds is 13. The predicted octanol–water partition coefficient (Wildman–Crippen LogP) is 7.09. The second-order valence-electron chi connectivity index (χ2n) is 12.5. The minimum Gasteiger partial charge on any atom is -0.489 e. The lowest BCUT2D eigenvalue weighted by molar-refractivity contribution is -0.159. The van der Waals surface area contributed by atoms with Gasteiger partial charge in [0.15, 0.2) is 17.5 Å². The molecule has 1 aliphatic carbocycles. The van der Waals surface area contributed by atoms with Crippen molar-refractivity contribution in [2.24, 2.45) is 11.8 Å². The standard InChI is InChI=1S/C36H40F2N2O6/c1-22-18-28(34(41)44-23(2)27-11-13-30(46-36(37)38)31(19-27)43-21-24-8-9-24)10-12-29(22)39-33(26-6-4-3-5-7-26)35(42)45-32-20-40-16-14-25(32)15-17-40/h3-7,10-13,18-19,23-25,32-33,36,39H,8-9,14-17,20-21H2,1-2H3. The lowest BCUT2D eigenvalue weighted by atomic mass is 9.86. The highest BCUT2D eigenvalue weighted by molar-refractivity contribution is 5.91. The number of hydrogen-bond donors (Lipinski definition) is 1. The number of alkyl halides is 2. The van der Waals surface area contributed by atoms with E-state index in [4.69, 9.17) is 14.2 Å². The zero-order valence-electron chi connectivity index (χ0n) is 26.1. The molecule has 46 heavy (non-hydrogen) atoms. The second-order valence-corrected chi connectivity index (χ2v) is 12.5. The quantitative estimate of drug-likeness (QED) is 0.200. The van der Waals surface area contributed by atoms with Gasteiger partial charge in [0.2, 0.25) is 0 Å². The van der Waals surface area contributed by atoms with Crippen molar-refractivity contribution in [2.75, 3.05) is 31.6 Å². The Bertz CT molecular complexity index is 1520. The van der Waals surface area contributed by atoms with Gasteiger partial charge in [0.1, 0.15) is 12.2 Å². The third-order valence-electron chi connectivity index (χ3n) is 9.10. The monoisotopic (exact) mass is 634 g/mol. The summed E-state index contributed by atoms with van der Waals surface area (Å²) in [5, 5.41) is 3.36. The zero-order valence-corrected chi connectivity index (χ0v) is 26.1. The first-order valence-corrected chi connectivity index (χ1v) is 16.0. The SMILES string of the molecule is Cc1cc(C(=O)OC(C)c2ccc(OC(F)F)c(OCC3CC3)c2)ccc1NC(C(=O)OC1CN2CCC1CC2)c1ccccc1. The molecule has 3 aromatic carbocycles. The molecular weight excluding hydrogens is 594 g/mol. The van der Waals surface area contributed by atoms with Crippen LogP contribution in [0.1, 0.15) is 71.8 Å². The van der Waals surface area contributed by atoms with Crippen molar-refractivity contribution in [3.05, 3.63) is 89.0 Å². The lowest BCUT2D eigenvalue weighted by Crippen LogP contribution is -2.52. The maximum absolute atomic E-state index is 13.6. The third-order valence-corrected chi connectivity index (χ3v) is 9.10. The number of nitrogens with one attached hydrogen (secondary N) is 1. The van der Waals surface area contributed by atoms with Gasteiger partial charge in [-0.2, -0.15) is 8.78 Å². The molecule has 1 N–H and O–H groups in total. The van der Waals surface area contributed by atoms with Crippen molar-refractivity contribution in [1.29, 1.82) is 0 Å². The smallest absolute Gasteiger partial charge is 0.387 e. The van der Waals surface area contributed by atoms with Gasteiger partial charge in [0.25, 0.3) is 0 Å². The molecule has 10 heteroatoms. The molecule has 4 fully saturated rings. The second kappa shape index (κ2) is 14.1. The number of hydrogen-bond acceptors (Lipinski definition) is 8. The van der Waals surface area contributed by atoms with Crippen LogP contribution in [0.5, 0.6) is 11.5 Å². The summed E-state index contributed by atoms with van der Waals surface area (Å²) in [7, 11) is 0. The summed E-state index contributed by atoms with van der Waals surface area (Å²) in [6, 6.07) is 18.4. The molecule has 0 spiro atoms. The molecule has 7 rings (SSSR count). The van der Waals surface area contributed by atoms with Crippen LogP contribution in [-0.2, 0) is 14.3 Å². The number of aryl methyl sites for hydroxylation is 1. The van der Waals surface area contributed by atoms with Crippen LogP contribution in [-0.4, -0.2) is 55.8 Å². The predicted molar refractivity (Wildman–Crippen MR) is 168 cm³/mol. The Kier molecular flexibility index (Phi) is 9.72. The van der Waals surface area contributed by atoms with Crippen LogP contribution in [0.4, 0.5) is 14.5 Å². The summed E-state index contributed by atoms with van der Waals surface area (Å²) in [5.41, 5.74) is 3.15. The van der Waals surface area contributed by atoms with E-state index in [9.17, 15) is 18.4 Å². The van der Waals surface area contributed by atoms with E-state index in [-0.39, 0.29) is 23.6 Å². The molecule has 244 valence electrons. The minimum atomic E-state index is -2.98. The Morgan fingerprint density at radius 1 is 0.935 bits per heavy atom. The fraction of sp³-hybridized carbons (Fsp3) is 0.444. The van der Waals surface area contributed by atoms with Crippen molar-refractivity contribution in [3.8, 4) is 11.5 Å². The molecule has 8 nitrogen and oxygen atoms in total. The first kappa shape index (κ1) is 31.8. The van der Waals surface area contributed by atoms with Crippen molar-refractivity contribution >= 4 is 17.6 Å². The number of carbonyl (C=O) groups is 2. The molecule has 3 saturated heterocycles. The van der Waals surface area contributed by atoms with E-state index in [1.54, 1.807) is 37.3 Å². The van der Waals surface area contributed by atoms with Crippen LogP contribution in [0.25, 0.3) is 0 Å². The molecule has 0 radical (unpaired) electrons.